The predicted octanol–water partition coefficient (Wildman–Crippen LogP) is 2.10. The van der Waals surface area contributed by atoms with E-state index in [1.807, 2.05) is 13.0 Å². The van der Waals surface area contributed by atoms with Crippen molar-refractivity contribution in [1.29, 1.82) is 0 Å². The number of sulfone groups is 1. The van der Waals surface area contributed by atoms with E-state index in [2.05, 4.69) is 34.9 Å². The fourth-order valence-electron chi connectivity index (χ4n) is 3.31. The van der Waals surface area contributed by atoms with Gasteiger partial charge in [-0.2, -0.15) is 0 Å². The van der Waals surface area contributed by atoms with Gasteiger partial charge in [-0.15, -0.1) is 0 Å². The summed E-state index contributed by atoms with van der Waals surface area (Å²) in [5.74, 6) is 0.810. The summed E-state index contributed by atoms with van der Waals surface area (Å²) < 4.78 is 22.5. The number of hydrogen-bond acceptors (Lipinski definition) is 3. The molecule has 0 bridgehead atoms. The van der Waals surface area contributed by atoms with Crippen LogP contribution in [0.1, 0.15) is 38.2 Å². The minimum absolute atomic E-state index is 0.112. The van der Waals surface area contributed by atoms with E-state index in [1.165, 1.54) is 24.7 Å². The van der Waals surface area contributed by atoms with Crippen molar-refractivity contribution in [3.05, 3.63) is 35.9 Å². The van der Waals surface area contributed by atoms with Gasteiger partial charge in [0, 0.05) is 24.8 Å². The van der Waals surface area contributed by atoms with Crippen LogP contribution < -0.4 is 10.6 Å². The highest BCUT2D eigenvalue weighted by Gasteiger charge is 2.35. The molecule has 1 fully saturated rings. The summed E-state index contributed by atoms with van der Waals surface area (Å²) in [5.41, 5.74) is 1.47. The summed E-state index contributed by atoms with van der Waals surface area (Å²) in [6.45, 7) is 3.87. The van der Waals surface area contributed by atoms with Crippen LogP contribution in [0.25, 0.3) is 0 Å². The van der Waals surface area contributed by atoms with Gasteiger partial charge in [-0.3, -0.25) is 4.99 Å². The highest BCUT2D eigenvalue weighted by atomic mass is 32.2. The second-order valence-electron chi connectivity index (χ2n) is 6.61. The van der Waals surface area contributed by atoms with Gasteiger partial charge < -0.3 is 10.6 Å². The van der Waals surface area contributed by atoms with Gasteiger partial charge >= 0.3 is 0 Å². The Morgan fingerprint density at radius 1 is 1.17 bits per heavy atom. The Bertz CT molecular complexity index is 635. The second kappa shape index (κ2) is 8.51. The molecule has 0 aromatic heterocycles. The fraction of sp³-hybridized carbons (Fsp3) is 0.611. The standard InChI is InChI=1S/C18H29N3O2S/c1-3-19-17(20-13-14-24(2,22)23)21-15-18(11-7-8-12-18)16-9-5-4-6-10-16/h4-6,9-10H,3,7-8,11-15H2,1-2H3,(H2,19,20,21). The summed E-state index contributed by atoms with van der Waals surface area (Å²) in [7, 11) is -2.97. The van der Waals surface area contributed by atoms with Crippen molar-refractivity contribution in [2.24, 2.45) is 4.99 Å². The van der Waals surface area contributed by atoms with Gasteiger partial charge in [-0.05, 0) is 25.3 Å². The van der Waals surface area contributed by atoms with Crippen LogP contribution in [0.3, 0.4) is 0 Å². The van der Waals surface area contributed by atoms with Crippen LogP contribution >= 0.6 is 0 Å². The van der Waals surface area contributed by atoms with E-state index in [4.69, 9.17) is 4.99 Å². The first kappa shape index (κ1) is 18.8. The van der Waals surface area contributed by atoms with E-state index in [1.54, 1.807) is 0 Å². The number of aliphatic imine (C=N–C) groups is 1. The molecule has 0 radical (unpaired) electrons. The van der Waals surface area contributed by atoms with Crippen molar-refractivity contribution in [2.75, 3.05) is 31.6 Å². The average molecular weight is 352 g/mol. The highest BCUT2D eigenvalue weighted by Crippen LogP contribution is 2.41. The average Bonchev–Trinajstić information content (AvgIpc) is 3.02. The molecule has 1 aromatic rings. The summed E-state index contributed by atoms with van der Waals surface area (Å²) >= 11 is 0. The smallest absolute Gasteiger partial charge is 0.191 e. The van der Waals surface area contributed by atoms with E-state index in [-0.39, 0.29) is 11.2 Å². The van der Waals surface area contributed by atoms with E-state index < -0.39 is 9.84 Å². The third-order valence-corrected chi connectivity index (χ3v) is 5.54. The molecular weight excluding hydrogens is 322 g/mol. The summed E-state index contributed by atoms with van der Waals surface area (Å²) in [6, 6.07) is 10.6. The number of hydrogen-bond donors (Lipinski definition) is 2. The largest absolute Gasteiger partial charge is 0.357 e. The molecule has 0 saturated heterocycles. The Balaban J connectivity index is 2.07. The van der Waals surface area contributed by atoms with Gasteiger partial charge in [0.1, 0.15) is 9.84 Å². The SMILES string of the molecule is CCNC(=NCC1(c2ccccc2)CCCC1)NCCS(C)(=O)=O. The molecule has 0 atom stereocenters. The van der Waals surface area contributed by atoms with Crippen LogP contribution in [-0.4, -0.2) is 46.0 Å². The lowest BCUT2D eigenvalue weighted by molar-refractivity contribution is 0.452. The highest BCUT2D eigenvalue weighted by molar-refractivity contribution is 7.90. The van der Waals surface area contributed by atoms with Crippen molar-refractivity contribution < 1.29 is 8.42 Å². The van der Waals surface area contributed by atoms with Crippen molar-refractivity contribution in [2.45, 2.75) is 38.0 Å². The molecule has 0 spiro atoms. The third-order valence-electron chi connectivity index (χ3n) is 4.60. The summed E-state index contributed by atoms with van der Waals surface area (Å²) in [4.78, 5) is 4.76. The summed E-state index contributed by atoms with van der Waals surface area (Å²) in [6.07, 6.45) is 6.04. The molecule has 24 heavy (non-hydrogen) atoms. The molecular formula is C18H29N3O2S. The van der Waals surface area contributed by atoms with Gasteiger partial charge in [0.2, 0.25) is 0 Å². The molecule has 0 aliphatic heterocycles. The molecule has 1 aliphatic rings. The Morgan fingerprint density at radius 3 is 2.42 bits per heavy atom. The Hall–Kier alpha value is -1.56. The molecule has 5 nitrogen and oxygen atoms in total. The molecule has 1 aliphatic carbocycles. The topological polar surface area (TPSA) is 70.6 Å². The Morgan fingerprint density at radius 2 is 1.83 bits per heavy atom. The number of nitrogens with zero attached hydrogens (tertiary/aromatic N) is 1. The van der Waals surface area contributed by atoms with Crippen molar-refractivity contribution in [3.8, 4) is 0 Å². The number of nitrogens with one attached hydrogen (secondary N) is 2. The molecule has 0 amide bonds. The lowest BCUT2D eigenvalue weighted by atomic mass is 9.79. The molecule has 1 aromatic carbocycles. The first-order valence-electron chi connectivity index (χ1n) is 8.71. The predicted molar refractivity (Wildman–Crippen MR) is 100 cm³/mol. The van der Waals surface area contributed by atoms with Crippen LogP contribution in [0.5, 0.6) is 0 Å². The molecule has 6 heteroatoms. The third kappa shape index (κ3) is 5.51. The Kier molecular flexibility index (Phi) is 6.66. The Labute approximate surface area is 145 Å². The van der Waals surface area contributed by atoms with Crippen LogP contribution in [0.4, 0.5) is 0 Å². The van der Waals surface area contributed by atoms with Crippen molar-refractivity contribution in [1.82, 2.24) is 10.6 Å². The maximum atomic E-state index is 11.3. The van der Waals surface area contributed by atoms with Gasteiger partial charge in [-0.25, -0.2) is 8.42 Å². The van der Waals surface area contributed by atoms with E-state index in [0.29, 0.717) is 12.5 Å². The van der Waals surface area contributed by atoms with Crippen molar-refractivity contribution in [3.63, 3.8) is 0 Å². The molecule has 0 unspecified atom stereocenters. The monoisotopic (exact) mass is 351 g/mol. The lowest BCUT2D eigenvalue weighted by Gasteiger charge is -2.28. The first-order valence-corrected chi connectivity index (χ1v) is 10.8. The van der Waals surface area contributed by atoms with E-state index >= 15 is 0 Å². The van der Waals surface area contributed by atoms with Gasteiger partial charge in [0.25, 0.3) is 0 Å². The number of guanidine groups is 1. The molecule has 134 valence electrons. The maximum absolute atomic E-state index is 11.3. The molecule has 2 N–H and O–H groups in total. The zero-order valence-electron chi connectivity index (χ0n) is 14.7. The number of benzene rings is 1. The summed E-state index contributed by atoms with van der Waals surface area (Å²) in [5, 5.41) is 6.34. The minimum atomic E-state index is -2.97. The van der Waals surface area contributed by atoms with Gasteiger partial charge in [0.15, 0.2) is 5.96 Å². The quantitative estimate of drug-likeness (QED) is 0.583. The van der Waals surface area contributed by atoms with Crippen LogP contribution in [0.2, 0.25) is 0 Å². The maximum Gasteiger partial charge on any atom is 0.191 e. The number of rotatable bonds is 7. The van der Waals surface area contributed by atoms with Crippen LogP contribution in [0, 0.1) is 0 Å². The first-order chi connectivity index (χ1) is 11.5. The van der Waals surface area contributed by atoms with Crippen LogP contribution in [0.15, 0.2) is 35.3 Å². The van der Waals surface area contributed by atoms with E-state index in [0.717, 1.165) is 25.9 Å². The minimum Gasteiger partial charge on any atom is -0.357 e. The van der Waals surface area contributed by atoms with Gasteiger partial charge in [-0.1, -0.05) is 43.2 Å². The zero-order chi connectivity index (χ0) is 17.5. The zero-order valence-corrected chi connectivity index (χ0v) is 15.5. The van der Waals surface area contributed by atoms with Crippen LogP contribution in [-0.2, 0) is 15.3 Å². The van der Waals surface area contributed by atoms with Crippen molar-refractivity contribution >= 4 is 15.8 Å². The second-order valence-corrected chi connectivity index (χ2v) is 8.87. The van der Waals surface area contributed by atoms with E-state index in [9.17, 15) is 8.42 Å². The fourth-order valence-corrected chi connectivity index (χ4v) is 3.78. The normalized spacial score (nSPS) is 17.7. The molecule has 2 rings (SSSR count). The lowest BCUT2D eigenvalue weighted by Crippen LogP contribution is -2.40. The molecule has 1 saturated carbocycles. The van der Waals surface area contributed by atoms with Gasteiger partial charge in [0.05, 0.1) is 12.3 Å². The molecule has 0 heterocycles.